The molecule has 29 heavy (non-hydrogen) atoms. The molecule has 0 amide bonds. The fourth-order valence-electron chi connectivity index (χ4n) is 2.55. The number of nitrogens with one attached hydrogen (secondary N) is 2. The van der Waals surface area contributed by atoms with Gasteiger partial charge in [0.25, 0.3) is 0 Å². The maximum atomic E-state index is 11.7. The van der Waals surface area contributed by atoms with Gasteiger partial charge in [-0.05, 0) is 32.0 Å². The van der Waals surface area contributed by atoms with Gasteiger partial charge >= 0.3 is 5.69 Å². The van der Waals surface area contributed by atoms with Gasteiger partial charge in [-0.15, -0.1) is 11.3 Å². The van der Waals surface area contributed by atoms with Crippen molar-refractivity contribution in [2.45, 2.75) is 13.8 Å². The van der Waals surface area contributed by atoms with E-state index in [0.717, 1.165) is 20.8 Å². The first-order valence-corrected chi connectivity index (χ1v) is 10.00. The normalized spacial score (nSPS) is 10.9. The van der Waals surface area contributed by atoms with Crippen LogP contribution in [-0.4, -0.2) is 32.0 Å². The number of thiazole rings is 2. The lowest BCUT2D eigenvalue weighted by Gasteiger charge is -2.06. The highest BCUT2D eigenvalue weighted by atomic mass is 32.1. The topological polar surface area (TPSA) is 128 Å². The summed E-state index contributed by atoms with van der Waals surface area (Å²) in [6.07, 6.45) is 1.25. The second-order valence-electron chi connectivity index (χ2n) is 5.94. The second kappa shape index (κ2) is 7.56. The molecule has 0 bridgehead atoms. The summed E-state index contributed by atoms with van der Waals surface area (Å²) in [5, 5.41) is 18.6. The van der Waals surface area contributed by atoms with Crippen LogP contribution in [0.4, 0.5) is 27.6 Å². The van der Waals surface area contributed by atoms with Gasteiger partial charge in [0.2, 0.25) is 11.6 Å². The fourth-order valence-corrected chi connectivity index (χ4v) is 4.26. The first kappa shape index (κ1) is 19.0. The van der Waals surface area contributed by atoms with Gasteiger partial charge in [-0.3, -0.25) is 10.1 Å². The average molecular weight is 429 g/mol. The van der Waals surface area contributed by atoms with Crippen LogP contribution in [0, 0.1) is 24.0 Å². The van der Waals surface area contributed by atoms with Crippen molar-refractivity contribution < 1.29 is 9.66 Å². The molecule has 12 heteroatoms. The number of nitrogens with zero attached hydrogens (tertiary/aromatic N) is 5. The van der Waals surface area contributed by atoms with Crippen LogP contribution in [0.15, 0.2) is 24.5 Å². The van der Waals surface area contributed by atoms with Crippen molar-refractivity contribution in [2.24, 2.45) is 0 Å². The average Bonchev–Trinajstić information content (AvgIpc) is 3.22. The van der Waals surface area contributed by atoms with Gasteiger partial charge in [-0.1, -0.05) is 11.3 Å². The lowest BCUT2D eigenvalue weighted by atomic mass is 10.3. The molecule has 0 aliphatic heterocycles. The van der Waals surface area contributed by atoms with E-state index >= 15 is 0 Å². The Balaban J connectivity index is 1.69. The second-order valence-corrected chi connectivity index (χ2v) is 8.17. The van der Waals surface area contributed by atoms with Crippen molar-refractivity contribution in [2.75, 3.05) is 17.7 Å². The van der Waals surface area contributed by atoms with Gasteiger partial charge in [-0.2, -0.15) is 0 Å². The van der Waals surface area contributed by atoms with E-state index in [1.54, 1.807) is 13.2 Å². The highest BCUT2D eigenvalue weighted by molar-refractivity contribution is 7.22. The van der Waals surface area contributed by atoms with Crippen LogP contribution < -0.4 is 15.4 Å². The number of aromatic nitrogens is 4. The molecule has 0 atom stereocenters. The van der Waals surface area contributed by atoms with E-state index in [2.05, 4.69) is 30.6 Å². The number of ether oxygens (including phenoxy) is 1. The molecule has 2 N–H and O–H groups in total. The van der Waals surface area contributed by atoms with E-state index in [4.69, 9.17) is 4.74 Å². The fraction of sp³-hybridized carbons (Fsp3) is 0.176. The minimum atomic E-state index is -0.533. The zero-order chi connectivity index (χ0) is 20.5. The van der Waals surface area contributed by atoms with E-state index in [1.165, 1.54) is 29.0 Å². The predicted molar refractivity (Wildman–Crippen MR) is 113 cm³/mol. The summed E-state index contributed by atoms with van der Waals surface area (Å²) in [6, 6.07) is 5.48. The first-order valence-electron chi connectivity index (χ1n) is 8.36. The van der Waals surface area contributed by atoms with Crippen molar-refractivity contribution in [3.05, 3.63) is 45.2 Å². The van der Waals surface area contributed by atoms with Crippen molar-refractivity contribution >= 4 is 60.5 Å². The van der Waals surface area contributed by atoms with Crippen molar-refractivity contribution in [3.8, 4) is 5.75 Å². The Morgan fingerprint density at radius 3 is 2.34 bits per heavy atom. The first-order chi connectivity index (χ1) is 13.9. The van der Waals surface area contributed by atoms with E-state index in [0.29, 0.717) is 16.0 Å². The molecule has 3 aromatic heterocycles. The SMILES string of the molecule is COc1ccc2nc(Nc3ncnc(Nc4nc(C)c(C)s4)c3[N+](=O)[O-])sc2c1. The Labute approximate surface area is 172 Å². The van der Waals surface area contributed by atoms with Gasteiger partial charge in [0.05, 0.1) is 27.9 Å². The van der Waals surface area contributed by atoms with Gasteiger partial charge in [-0.25, -0.2) is 19.9 Å². The highest BCUT2D eigenvalue weighted by Gasteiger charge is 2.25. The molecule has 148 valence electrons. The van der Waals surface area contributed by atoms with Gasteiger partial charge in [0, 0.05) is 4.88 Å². The smallest absolute Gasteiger partial charge is 0.354 e. The molecule has 1 aromatic carbocycles. The molecular formula is C17H15N7O3S2. The molecule has 0 aliphatic carbocycles. The van der Waals surface area contributed by atoms with E-state index in [-0.39, 0.29) is 17.3 Å². The predicted octanol–water partition coefficient (Wildman–Crippen LogP) is 4.56. The third kappa shape index (κ3) is 3.79. The molecule has 0 aliphatic rings. The zero-order valence-electron chi connectivity index (χ0n) is 15.6. The van der Waals surface area contributed by atoms with Crippen LogP contribution in [0.1, 0.15) is 10.6 Å². The Kier molecular flexibility index (Phi) is 4.94. The van der Waals surface area contributed by atoms with Crippen molar-refractivity contribution in [1.29, 1.82) is 0 Å². The maximum absolute atomic E-state index is 11.7. The molecule has 4 rings (SSSR count). The number of nitro groups is 1. The Hall–Kier alpha value is -3.38. The third-order valence-electron chi connectivity index (χ3n) is 4.08. The molecule has 3 heterocycles. The number of hydrogen-bond acceptors (Lipinski definition) is 11. The highest BCUT2D eigenvalue weighted by Crippen LogP contribution is 2.36. The molecule has 0 radical (unpaired) electrons. The lowest BCUT2D eigenvalue weighted by molar-refractivity contribution is -0.383. The minimum absolute atomic E-state index is 0.0449. The van der Waals surface area contributed by atoms with E-state index in [9.17, 15) is 10.1 Å². The summed E-state index contributed by atoms with van der Waals surface area (Å²) in [7, 11) is 1.59. The largest absolute Gasteiger partial charge is 0.497 e. The Morgan fingerprint density at radius 1 is 1.07 bits per heavy atom. The summed E-state index contributed by atoms with van der Waals surface area (Å²) in [6.45, 7) is 3.81. The summed E-state index contributed by atoms with van der Waals surface area (Å²) in [5.41, 5.74) is 1.33. The number of hydrogen-bond donors (Lipinski definition) is 2. The van der Waals surface area contributed by atoms with Crippen LogP contribution in [0.2, 0.25) is 0 Å². The number of benzene rings is 1. The number of anilines is 4. The Bertz CT molecular complexity index is 1200. The van der Waals surface area contributed by atoms with Gasteiger partial charge in [0.15, 0.2) is 10.3 Å². The summed E-state index contributed by atoms with van der Waals surface area (Å²) in [5.74, 6) is 0.814. The molecular weight excluding hydrogens is 414 g/mol. The van der Waals surface area contributed by atoms with Crippen LogP contribution in [-0.2, 0) is 0 Å². The van der Waals surface area contributed by atoms with Gasteiger partial charge < -0.3 is 15.4 Å². The molecule has 0 saturated heterocycles. The summed E-state index contributed by atoms with van der Waals surface area (Å²) < 4.78 is 6.10. The van der Waals surface area contributed by atoms with Crippen LogP contribution in [0.5, 0.6) is 5.75 Å². The molecule has 0 saturated carbocycles. The number of aryl methyl sites for hydroxylation is 2. The van der Waals surface area contributed by atoms with E-state index < -0.39 is 4.92 Å². The summed E-state index contributed by atoms with van der Waals surface area (Å²) in [4.78, 5) is 29.1. The standard InChI is InChI=1S/C17H15N7O3S2/c1-8-9(2)28-16(20-8)22-14-13(24(25)26)15(19-7-18-14)23-17-21-11-5-4-10(27-3)6-12(11)29-17/h4-7H,1-3H3,(H2,18,19,20,21,22,23). The molecule has 10 nitrogen and oxygen atoms in total. The number of rotatable bonds is 6. The van der Waals surface area contributed by atoms with E-state index in [1.807, 2.05) is 26.0 Å². The van der Waals surface area contributed by atoms with Crippen LogP contribution >= 0.6 is 22.7 Å². The molecule has 4 aromatic rings. The van der Waals surface area contributed by atoms with Crippen LogP contribution in [0.25, 0.3) is 10.2 Å². The maximum Gasteiger partial charge on any atom is 0.354 e. The minimum Gasteiger partial charge on any atom is -0.497 e. The van der Waals surface area contributed by atoms with Crippen molar-refractivity contribution in [1.82, 2.24) is 19.9 Å². The quantitative estimate of drug-likeness (QED) is 0.335. The molecule has 0 spiro atoms. The zero-order valence-corrected chi connectivity index (χ0v) is 17.2. The Morgan fingerprint density at radius 2 is 1.76 bits per heavy atom. The lowest BCUT2D eigenvalue weighted by Crippen LogP contribution is -2.05. The summed E-state index contributed by atoms with van der Waals surface area (Å²) >= 11 is 2.74. The van der Waals surface area contributed by atoms with Crippen molar-refractivity contribution in [3.63, 3.8) is 0 Å². The molecule has 0 fully saturated rings. The molecule has 0 unspecified atom stereocenters. The monoisotopic (exact) mass is 429 g/mol. The number of methoxy groups -OCH3 is 1. The number of fused-ring (bicyclic) bond motifs is 1. The van der Waals surface area contributed by atoms with Crippen LogP contribution in [0.3, 0.4) is 0 Å². The van der Waals surface area contributed by atoms with Gasteiger partial charge in [0.1, 0.15) is 12.1 Å². The third-order valence-corrected chi connectivity index (χ3v) is 6.00.